The molecule has 1 aromatic rings. The molecule has 1 aromatic carbocycles. The lowest BCUT2D eigenvalue weighted by molar-refractivity contribution is -0.131. The summed E-state index contributed by atoms with van der Waals surface area (Å²) in [5, 5.41) is 0. The molecule has 0 saturated carbocycles. The monoisotopic (exact) mass is 288 g/mol. The van der Waals surface area contributed by atoms with Crippen LogP contribution in [0.3, 0.4) is 0 Å². The number of nitrogen functional groups attached to an aromatic ring is 1. The van der Waals surface area contributed by atoms with Gasteiger partial charge in [-0.3, -0.25) is 4.79 Å². The van der Waals surface area contributed by atoms with Crippen molar-refractivity contribution in [2.45, 2.75) is 12.8 Å². The average Bonchev–Trinajstić information content (AvgIpc) is 2.47. The Morgan fingerprint density at radius 2 is 1.95 bits per heavy atom. The third kappa shape index (κ3) is 3.13. The van der Waals surface area contributed by atoms with Gasteiger partial charge < -0.3 is 20.4 Å². The van der Waals surface area contributed by atoms with Gasteiger partial charge in [-0.1, -0.05) is 0 Å². The Morgan fingerprint density at radius 3 is 2.71 bits per heavy atom. The summed E-state index contributed by atoms with van der Waals surface area (Å²) in [6, 6.07) is 6.03. The van der Waals surface area contributed by atoms with Crippen LogP contribution in [0, 0.1) is 0 Å². The first kappa shape index (κ1) is 14.2. The van der Waals surface area contributed by atoms with E-state index in [1.165, 1.54) is 11.3 Å². The van der Waals surface area contributed by atoms with E-state index in [0.29, 0.717) is 6.54 Å². The first-order chi connectivity index (χ1) is 10.1. The van der Waals surface area contributed by atoms with E-state index >= 15 is 0 Å². The highest BCUT2D eigenvalue weighted by atomic mass is 16.2. The predicted molar refractivity (Wildman–Crippen MR) is 85.5 cm³/mol. The zero-order valence-electron chi connectivity index (χ0n) is 12.7. The molecule has 21 heavy (non-hydrogen) atoms. The molecule has 2 heterocycles. The molecule has 3 rings (SSSR count). The van der Waals surface area contributed by atoms with Gasteiger partial charge >= 0.3 is 0 Å². The Labute approximate surface area is 126 Å². The number of fused-ring (bicyclic) bond motifs is 1. The third-order valence-corrected chi connectivity index (χ3v) is 4.50. The number of hydrogen-bond acceptors (Lipinski definition) is 4. The van der Waals surface area contributed by atoms with Crippen molar-refractivity contribution in [3.63, 3.8) is 0 Å². The van der Waals surface area contributed by atoms with Crippen LogP contribution in [0.15, 0.2) is 18.2 Å². The standard InChI is InChI=1S/C16H24N4O/c1-18-7-9-19(10-8-18)16(21)12-20-6-2-3-13-11-14(17)4-5-15(13)20/h4-5,11H,2-3,6-10,12,17H2,1H3. The van der Waals surface area contributed by atoms with Gasteiger partial charge in [0.2, 0.25) is 5.91 Å². The van der Waals surface area contributed by atoms with Crippen molar-refractivity contribution < 1.29 is 4.79 Å². The maximum Gasteiger partial charge on any atom is 0.242 e. The lowest BCUT2D eigenvalue weighted by atomic mass is 10.0. The number of amides is 1. The summed E-state index contributed by atoms with van der Waals surface area (Å²) >= 11 is 0. The van der Waals surface area contributed by atoms with E-state index in [4.69, 9.17) is 5.73 Å². The minimum Gasteiger partial charge on any atom is -0.399 e. The minimum absolute atomic E-state index is 0.243. The van der Waals surface area contributed by atoms with E-state index in [-0.39, 0.29) is 5.91 Å². The fraction of sp³-hybridized carbons (Fsp3) is 0.562. The topological polar surface area (TPSA) is 52.8 Å². The SMILES string of the molecule is CN1CCN(C(=O)CN2CCCc3cc(N)ccc32)CC1. The van der Waals surface area contributed by atoms with Crippen molar-refractivity contribution in [1.29, 1.82) is 0 Å². The van der Waals surface area contributed by atoms with Gasteiger partial charge in [-0.15, -0.1) is 0 Å². The van der Waals surface area contributed by atoms with Crippen LogP contribution in [0.5, 0.6) is 0 Å². The molecule has 0 aromatic heterocycles. The van der Waals surface area contributed by atoms with Crippen LogP contribution in [0.25, 0.3) is 0 Å². The van der Waals surface area contributed by atoms with Crippen LogP contribution in [-0.2, 0) is 11.2 Å². The number of carbonyl (C=O) groups is 1. The van der Waals surface area contributed by atoms with Crippen LogP contribution in [-0.4, -0.2) is 62.0 Å². The van der Waals surface area contributed by atoms with Crippen molar-refractivity contribution >= 4 is 17.3 Å². The van der Waals surface area contributed by atoms with Gasteiger partial charge in [0.25, 0.3) is 0 Å². The highest BCUT2D eigenvalue weighted by Gasteiger charge is 2.24. The first-order valence-electron chi connectivity index (χ1n) is 7.73. The number of likely N-dealkylation sites (N-methyl/N-ethyl adjacent to an activating group) is 1. The zero-order valence-corrected chi connectivity index (χ0v) is 12.7. The van der Waals surface area contributed by atoms with Gasteiger partial charge in [-0.2, -0.15) is 0 Å². The van der Waals surface area contributed by atoms with E-state index in [1.807, 2.05) is 17.0 Å². The molecule has 5 nitrogen and oxygen atoms in total. The summed E-state index contributed by atoms with van der Waals surface area (Å²) in [5.41, 5.74) is 9.12. The van der Waals surface area contributed by atoms with Gasteiger partial charge in [0.15, 0.2) is 0 Å². The summed E-state index contributed by atoms with van der Waals surface area (Å²) < 4.78 is 0. The first-order valence-corrected chi connectivity index (χ1v) is 7.73. The Kier molecular flexibility index (Phi) is 4.01. The van der Waals surface area contributed by atoms with Crippen LogP contribution in [0.1, 0.15) is 12.0 Å². The predicted octanol–water partition coefficient (Wildman–Crippen LogP) is 0.795. The maximum absolute atomic E-state index is 12.5. The molecule has 1 saturated heterocycles. The number of nitrogens with two attached hydrogens (primary N) is 1. The summed E-state index contributed by atoms with van der Waals surface area (Å²) in [6.07, 6.45) is 2.14. The van der Waals surface area contributed by atoms with E-state index in [9.17, 15) is 4.79 Å². The summed E-state index contributed by atoms with van der Waals surface area (Å²) in [7, 11) is 2.10. The maximum atomic E-state index is 12.5. The second-order valence-corrected chi connectivity index (χ2v) is 6.10. The number of aryl methyl sites for hydroxylation is 1. The van der Waals surface area contributed by atoms with Gasteiger partial charge in [-0.25, -0.2) is 0 Å². The van der Waals surface area contributed by atoms with Crippen LogP contribution in [0.4, 0.5) is 11.4 Å². The van der Waals surface area contributed by atoms with Crippen molar-refractivity contribution in [2.75, 3.05) is 56.9 Å². The normalized spacial score (nSPS) is 19.5. The number of rotatable bonds is 2. The molecule has 2 aliphatic heterocycles. The summed E-state index contributed by atoms with van der Waals surface area (Å²) in [4.78, 5) is 19.0. The molecule has 1 amide bonds. The molecule has 0 aliphatic carbocycles. The molecule has 0 spiro atoms. The smallest absolute Gasteiger partial charge is 0.242 e. The molecule has 5 heteroatoms. The second kappa shape index (κ2) is 5.93. The van der Waals surface area contributed by atoms with E-state index in [2.05, 4.69) is 22.9 Å². The van der Waals surface area contributed by atoms with Gasteiger partial charge in [0, 0.05) is 44.1 Å². The minimum atomic E-state index is 0.243. The van der Waals surface area contributed by atoms with Crippen molar-refractivity contribution in [3.05, 3.63) is 23.8 Å². The van der Waals surface area contributed by atoms with E-state index in [0.717, 1.165) is 51.3 Å². The largest absolute Gasteiger partial charge is 0.399 e. The number of anilines is 2. The molecule has 0 unspecified atom stereocenters. The highest BCUT2D eigenvalue weighted by molar-refractivity contribution is 5.82. The van der Waals surface area contributed by atoms with Crippen LogP contribution in [0.2, 0.25) is 0 Å². The van der Waals surface area contributed by atoms with Crippen LogP contribution >= 0.6 is 0 Å². The Bertz CT molecular complexity index is 523. The second-order valence-electron chi connectivity index (χ2n) is 6.10. The summed E-state index contributed by atoms with van der Waals surface area (Å²) in [6.45, 7) is 5.07. The lowest BCUT2D eigenvalue weighted by Gasteiger charge is -2.36. The third-order valence-electron chi connectivity index (χ3n) is 4.50. The Balaban J connectivity index is 1.67. The summed E-state index contributed by atoms with van der Waals surface area (Å²) in [5.74, 6) is 0.243. The molecular weight excluding hydrogens is 264 g/mol. The molecular formula is C16H24N4O. The molecule has 0 bridgehead atoms. The molecule has 0 atom stereocenters. The number of carbonyl (C=O) groups excluding carboxylic acids is 1. The fourth-order valence-electron chi connectivity index (χ4n) is 3.18. The van der Waals surface area contributed by atoms with Gasteiger partial charge in [0.1, 0.15) is 0 Å². The van der Waals surface area contributed by atoms with Gasteiger partial charge in [0.05, 0.1) is 6.54 Å². The van der Waals surface area contributed by atoms with Crippen LogP contribution < -0.4 is 10.6 Å². The molecule has 0 radical (unpaired) electrons. The molecule has 2 N–H and O–H groups in total. The molecule has 1 fully saturated rings. The lowest BCUT2D eigenvalue weighted by Crippen LogP contribution is -2.50. The highest BCUT2D eigenvalue weighted by Crippen LogP contribution is 2.28. The number of piperazine rings is 1. The quantitative estimate of drug-likeness (QED) is 0.818. The fourth-order valence-corrected chi connectivity index (χ4v) is 3.18. The van der Waals surface area contributed by atoms with Crippen molar-refractivity contribution in [3.8, 4) is 0 Å². The van der Waals surface area contributed by atoms with Crippen molar-refractivity contribution in [1.82, 2.24) is 9.80 Å². The van der Waals surface area contributed by atoms with Gasteiger partial charge in [-0.05, 0) is 43.7 Å². The Morgan fingerprint density at radius 1 is 1.19 bits per heavy atom. The van der Waals surface area contributed by atoms with Crippen molar-refractivity contribution in [2.24, 2.45) is 0 Å². The number of hydrogen-bond donors (Lipinski definition) is 1. The Hall–Kier alpha value is -1.75. The average molecular weight is 288 g/mol. The zero-order chi connectivity index (χ0) is 14.8. The number of benzene rings is 1. The molecule has 2 aliphatic rings. The number of nitrogens with zero attached hydrogens (tertiary/aromatic N) is 3. The van der Waals surface area contributed by atoms with E-state index < -0.39 is 0 Å². The van der Waals surface area contributed by atoms with E-state index in [1.54, 1.807) is 0 Å². The molecule has 114 valence electrons.